The van der Waals surface area contributed by atoms with Gasteiger partial charge in [0.25, 0.3) is 0 Å². The minimum absolute atomic E-state index is 0. The number of ether oxygens (including phenoxy) is 1. The van der Waals surface area contributed by atoms with Crippen molar-refractivity contribution in [1.29, 1.82) is 0 Å². The zero-order valence-corrected chi connectivity index (χ0v) is 8.44. The second-order valence-electron chi connectivity index (χ2n) is 3.11. The molecule has 1 aliphatic rings. The first-order chi connectivity index (χ1) is 4.27. The molecule has 10 heavy (non-hydrogen) atoms. The Labute approximate surface area is 77.1 Å². The minimum Gasteiger partial charge on any atom is -0.380 e. The summed E-state index contributed by atoms with van der Waals surface area (Å²) >= 11 is 0. The maximum Gasteiger partial charge on any atom is 0.187 e. The van der Waals surface area contributed by atoms with E-state index in [-0.39, 0.29) is 17.4 Å². The molecular formula is C7H19AlOSi. The maximum atomic E-state index is 5.68. The van der Waals surface area contributed by atoms with E-state index in [0.717, 1.165) is 6.61 Å². The quantitative estimate of drug-likeness (QED) is 0.486. The highest BCUT2D eigenvalue weighted by molar-refractivity contribution is 6.14. The van der Waals surface area contributed by atoms with Gasteiger partial charge in [0.05, 0.1) is 0 Å². The fraction of sp³-hybridized carbons (Fsp3) is 1.00. The summed E-state index contributed by atoms with van der Waals surface area (Å²) in [6.07, 6.45) is 5.20. The highest BCUT2D eigenvalue weighted by Crippen LogP contribution is 2.23. The van der Waals surface area contributed by atoms with Crippen molar-refractivity contribution in [2.45, 2.75) is 37.8 Å². The predicted octanol–water partition coefficient (Wildman–Crippen LogP) is -0.525. The lowest BCUT2D eigenvalue weighted by molar-refractivity contribution is -0.0195. The lowest BCUT2D eigenvalue weighted by Gasteiger charge is -2.32. The summed E-state index contributed by atoms with van der Waals surface area (Å²) in [6, 6.07) is 0. The molecule has 1 unspecified atom stereocenters. The summed E-state index contributed by atoms with van der Waals surface area (Å²) in [4.78, 5) is 0. The van der Waals surface area contributed by atoms with Crippen LogP contribution in [0.15, 0.2) is 0 Å². The van der Waals surface area contributed by atoms with Gasteiger partial charge in [-0.2, -0.15) is 0 Å². The van der Waals surface area contributed by atoms with Crippen LogP contribution in [0.25, 0.3) is 0 Å². The van der Waals surface area contributed by atoms with Crippen molar-refractivity contribution < 1.29 is 4.74 Å². The molecule has 1 saturated heterocycles. The molecule has 0 saturated carbocycles. The van der Waals surface area contributed by atoms with Gasteiger partial charge in [-0.05, 0) is 25.7 Å². The van der Waals surface area contributed by atoms with Gasteiger partial charge in [-0.15, -0.1) is 0 Å². The molecule has 0 spiro atoms. The van der Waals surface area contributed by atoms with Crippen LogP contribution in [-0.2, 0) is 4.74 Å². The van der Waals surface area contributed by atoms with Gasteiger partial charge in [-0.1, -0.05) is 6.92 Å². The van der Waals surface area contributed by atoms with E-state index in [1.807, 2.05) is 0 Å². The molecule has 1 fully saturated rings. The van der Waals surface area contributed by atoms with E-state index >= 15 is 0 Å². The molecule has 0 bridgehead atoms. The fourth-order valence-corrected chi connectivity index (χ4v) is 1.83. The molecule has 60 valence electrons. The normalized spacial score (nSPS) is 33.3. The number of rotatable bonds is 1. The van der Waals surface area contributed by atoms with Gasteiger partial charge in [0.2, 0.25) is 0 Å². The predicted molar refractivity (Wildman–Crippen MR) is 52.7 cm³/mol. The van der Waals surface area contributed by atoms with Crippen LogP contribution in [0.1, 0.15) is 32.6 Å². The third-order valence-corrected chi connectivity index (χ3v) is 3.79. The van der Waals surface area contributed by atoms with E-state index in [9.17, 15) is 0 Å². The summed E-state index contributed by atoms with van der Waals surface area (Å²) in [6.45, 7) is 3.25. The van der Waals surface area contributed by atoms with Gasteiger partial charge in [-0.3, -0.25) is 0 Å². The SMILES string of the molecule is CCC1([SiH3])CCCCO1.[AlH3]. The van der Waals surface area contributed by atoms with E-state index in [4.69, 9.17) is 4.74 Å². The Hall–Kier alpha value is 0.709. The summed E-state index contributed by atoms with van der Waals surface area (Å²) in [7, 11) is 1.21. The highest BCUT2D eigenvalue weighted by atomic mass is 28.1. The van der Waals surface area contributed by atoms with Gasteiger partial charge in [-0.25, -0.2) is 0 Å². The zero-order chi connectivity index (χ0) is 6.74. The van der Waals surface area contributed by atoms with Crippen LogP contribution in [0.3, 0.4) is 0 Å². The Morgan fingerprint density at radius 1 is 1.50 bits per heavy atom. The first-order valence-corrected chi connectivity index (χ1v) is 4.91. The van der Waals surface area contributed by atoms with Gasteiger partial charge in [0, 0.05) is 22.1 Å². The molecule has 1 aliphatic heterocycles. The molecule has 1 nitrogen and oxygen atoms in total. The first-order valence-electron chi connectivity index (χ1n) is 3.91. The summed E-state index contributed by atoms with van der Waals surface area (Å²) in [5, 5.41) is 0.359. The molecule has 1 atom stereocenters. The van der Waals surface area contributed by atoms with Crippen LogP contribution in [-0.4, -0.2) is 39.4 Å². The average molecular weight is 174 g/mol. The van der Waals surface area contributed by atoms with E-state index in [0.29, 0.717) is 5.22 Å². The second-order valence-corrected chi connectivity index (χ2v) is 4.93. The van der Waals surface area contributed by atoms with Crippen molar-refractivity contribution in [2.75, 3.05) is 6.61 Å². The standard InChI is InChI=1S/C7H16OSi.Al.3H/c1-2-7(9)5-3-4-6-8-7;;;;/h2-6H2,1,9H3;;;;. The molecule has 0 N–H and O–H groups in total. The van der Waals surface area contributed by atoms with Crippen molar-refractivity contribution in [2.24, 2.45) is 0 Å². The number of hydrogen-bond acceptors (Lipinski definition) is 1. The average Bonchev–Trinajstić information content (AvgIpc) is 1.90. The van der Waals surface area contributed by atoms with Crippen LogP contribution in [0.5, 0.6) is 0 Å². The Bertz CT molecular complexity index is 91.6. The van der Waals surface area contributed by atoms with E-state index in [2.05, 4.69) is 6.92 Å². The molecule has 1 rings (SSSR count). The summed E-state index contributed by atoms with van der Waals surface area (Å²) in [5.41, 5.74) is 0. The maximum absolute atomic E-state index is 5.68. The number of hydrogen-bond donors (Lipinski definition) is 0. The lowest BCUT2D eigenvalue weighted by Crippen LogP contribution is -2.35. The summed E-state index contributed by atoms with van der Waals surface area (Å²) in [5.74, 6) is 0. The monoisotopic (exact) mass is 174 g/mol. The molecule has 0 radical (unpaired) electrons. The van der Waals surface area contributed by atoms with Crippen molar-refractivity contribution in [3.63, 3.8) is 0 Å². The van der Waals surface area contributed by atoms with Crippen molar-refractivity contribution >= 4 is 27.6 Å². The molecule has 3 heteroatoms. The van der Waals surface area contributed by atoms with Gasteiger partial charge < -0.3 is 4.74 Å². The van der Waals surface area contributed by atoms with Gasteiger partial charge in [0.1, 0.15) is 0 Å². The van der Waals surface area contributed by atoms with Crippen LogP contribution in [0.2, 0.25) is 0 Å². The molecule has 0 aromatic carbocycles. The van der Waals surface area contributed by atoms with Crippen LogP contribution >= 0.6 is 0 Å². The van der Waals surface area contributed by atoms with Crippen LogP contribution in [0, 0.1) is 0 Å². The van der Waals surface area contributed by atoms with Crippen molar-refractivity contribution in [3.8, 4) is 0 Å². The highest BCUT2D eigenvalue weighted by Gasteiger charge is 2.24. The third-order valence-electron chi connectivity index (χ3n) is 2.30. The molecule has 0 aliphatic carbocycles. The fourth-order valence-electron chi connectivity index (χ4n) is 1.27. The van der Waals surface area contributed by atoms with Crippen molar-refractivity contribution in [1.82, 2.24) is 0 Å². The van der Waals surface area contributed by atoms with Gasteiger partial charge >= 0.3 is 0 Å². The Balaban J connectivity index is 0.000000810. The first kappa shape index (κ1) is 10.7. The van der Waals surface area contributed by atoms with Crippen LogP contribution in [0.4, 0.5) is 0 Å². The molecule has 0 amide bonds. The molecule has 1 heterocycles. The smallest absolute Gasteiger partial charge is 0.187 e. The largest absolute Gasteiger partial charge is 0.380 e. The second kappa shape index (κ2) is 4.56. The Kier molecular flexibility index (Phi) is 4.88. The third kappa shape index (κ3) is 2.75. The lowest BCUT2D eigenvalue weighted by atomic mass is 10.1. The van der Waals surface area contributed by atoms with Crippen molar-refractivity contribution in [3.05, 3.63) is 0 Å². The topological polar surface area (TPSA) is 9.23 Å². The molecular weight excluding hydrogens is 155 g/mol. The molecule has 0 aromatic rings. The molecule has 0 aromatic heterocycles. The van der Waals surface area contributed by atoms with Crippen LogP contribution < -0.4 is 0 Å². The Morgan fingerprint density at radius 3 is 2.50 bits per heavy atom. The van der Waals surface area contributed by atoms with E-state index in [1.54, 1.807) is 0 Å². The van der Waals surface area contributed by atoms with E-state index in [1.165, 1.54) is 35.9 Å². The zero-order valence-electron chi connectivity index (χ0n) is 6.44. The van der Waals surface area contributed by atoms with Gasteiger partial charge in [0.15, 0.2) is 17.4 Å². The summed E-state index contributed by atoms with van der Waals surface area (Å²) < 4.78 is 5.68. The Morgan fingerprint density at radius 2 is 2.20 bits per heavy atom. The minimum atomic E-state index is 0. The van der Waals surface area contributed by atoms with E-state index < -0.39 is 0 Å².